The van der Waals surface area contributed by atoms with Gasteiger partial charge in [0, 0.05) is 24.3 Å². The van der Waals surface area contributed by atoms with Gasteiger partial charge < -0.3 is 4.74 Å². The van der Waals surface area contributed by atoms with Crippen molar-refractivity contribution >= 4 is 11.9 Å². The fraction of sp³-hybridized carbons (Fsp3) is 0.733. The molecule has 1 heterocycles. The van der Waals surface area contributed by atoms with E-state index in [1.165, 1.54) is 4.68 Å². The summed E-state index contributed by atoms with van der Waals surface area (Å²) in [5, 5.41) is 6.58. The molecule has 0 aliphatic heterocycles. The van der Waals surface area contributed by atoms with E-state index in [2.05, 4.69) is 15.2 Å². The van der Waals surface area contributed by atoms with Gasteiger partial charge in [0.05, 0.1) is 11.2 Å². The summed E-state index contributed by atoms with van der Waals surface area (Å²) in [4.78, 5) is 11.7. The first kappa shape index (κ1) is 19.5. The minimum absolute atomic E-state index is 0.143. The molecular formula is C15H20F5N3O2. The van der Waals surface area contributed by atoms with Gasteiger partial charge in [-0.15, -0.1) is 0 Å². The van der Waals surface area contributed by atoms with Crippen molar-refractivity contribution in [3.8, 4) is 0 Å². The van der Waals surface area contributed by atoms with Crippen molar-refractivity contribution in [2.75, 3.05) is 11.9 Å². The van der Waals surface area contributed by atoms with Gasteiger partial charge in [0.2, 0.25) is 5.92 Å². The van der Waals surface area contributed by atoms with Gasteiger partial charge in [-0.2, -0.15) is 18.3 Å². The Labute approximate surface area is 141 Å². The zero-order valence-electron chi connectivity index (χ0n) is 14.3. The van der Waals surface area contributed by atoms with Gasteiger partial charge in [-0.3, -0.25) is 5.32 Å². The Morgan fingerprint density at radius 2 is 1.88 bits per heavy atom. The molecule has 1 amide bonds. The third-order valence-corrected chi connectivity index (χ3v) is 3.86. The predicted octanol–water partition coefficient (Wildman–Crippen LogP) is 4.57. The number of nitrogens with zero attached hydrogens (tertiary/aromatic N) is 2. The highest BCUT2D eigenvalue weighted by molar-refractivity contribution is 5.84. The second-order valence-corrected chi connectivity index (χ2v) is 7.22. The summed E-state index contributed by atoms with van der Waals surface area (Å²) in [6.07, 6.45) is -6.60. The Balaban J connectivity index is 2.24. The molecule has 0 saturated heterocycles. The van der Waals surface area contributed by atoms with E-state index in [1.807, 2.05) is 0 Å². The minimum Gasteiger partial charge on any atom is -0.440 e. The molecule has 142 valence electrons. The number of nitrogens with one attached hydrogen (secondary N) is 1. The average molecular weight is 369 g/mol. The third kappa shape index (κ3) is 4.60. The largest absolute Gasteiger partial charge is 0.440 e. The van der Waals surface area contributed by atoms with Gasteiger partial charge in [0.1, 0.15) is 5.82 Å². The number of rotatable bonds is 3. The predicted molar refractivity (Wildman–Crippen MR) is 79.9 cm³/mol. The highest BCUT2D eigenvalue weighted by atomic mass is 19.4. The molecule has 10 heteroatoms. The molecule has 1 N–H and O–H groups in total. The van der Waals surface area contributed by atoms with Crippen LogP contribution in [0.4, 0.5) is 32.6 Å². The number of carbonyl (C=O) groups excluding carboxylic acids is 1. The van der Waals surface area contributed by atoms with E-state index < -0.39 is 36.3 Å². The number of aromatic nitrogens is 2. The number of hydrogen-bond acceptors (Lipinski definition) is 3. The maximum Gasteiger partial charge on any atom is 0.422 e. The smallest absolute Gasteiger partial charge is 0.422 e. The molecule has 2 rings (SSSR count). The minimum atomic E-state index is -4.64. The van der Waals surface area contributed by atoms with Gasteiger partial charge in [0.15, 0.2) is 6.61 Å². The van der Waals surface area contributed by atoms with Crippen molar-refractivity contribution in [1.82, 2.24) is 9.78 Å². The fourth-order valence-electron chi connectivity index (χ4n) is 2.67. The highest BCUT2D eigenvalue weighted by Gasteiger charge is 2.48. The van der Waals surface area contributed by atoms with E-state index in [9.17, 15) is 26.7 Å². The van der Waals surface area contributed by atoms with Crippen molar-refractivity contribution in [3.63, 3.8) is 0 Å². The number of anilines is 1. The lowest BCUT2D eigenvalue weighted by molar-refractivity contribution is -0.159. The van der Waals surface area contributed by atoms with Gasteiger partial charge in [0.25, 0.3) is 0 Å². The first-order valence-electron chi connectivity index (χ1n) is 7.68. The summed E-state index contributed by atoms with van der Waals surface area (Å²) < 4.78 is 68.3. The van der Waals surface area contributed by atoms with Crippen molar-refractivity contribution in [3.05, 3.63) is 11.3 Å². The summed E-state index contributed by atoms with van der Waals surface area (Å²) in [5.41, 5.74) is 0.230. The van der Waals surface area contributed by atoms with Crippen LogP contribution in [0.2, 0.25) is 0 Å². The van der Waals surface area contributed by atoms with E-state index >= 15 is 0 Å². The van der Waals surface area contributed by atoms with Crippen LogP contribution in [-0.2, 0) is 10.3 Å². The molecule has 1 saturated carbocycles. The molecule has 1 aromatic rings. The van der Waals surface area contributed by atoms with Crippen molar-refractivity contribution in [1.29, 1.82) is 0 Å². The zero-order chi connectivity index (χ0) is 19.2. The Hall–Kier alpha value is -1.87. The van der Waals surface area contributed by atoms with Crippen molar-refractivity contribution in [2.24, 2.45) is 0 Å². The van der Waals surface area contributed by atoms with Crippen molar-refractivity contribution < 1.29 is 31.5 Å². The maximum atomic E-state index is 13.1. The lowest BCUT2D eigenvalue weighted by atomic mass is 9.78. The number of hydrogen-bond donors (Lipinski definition) is 1. The number of alkyl halides is 5. The average Bonchev–Trinajstić information content (AvgIpc) is 2.70. The summed E-state index contributed by atoms with van der Waals surface area (Å²) in [6.45, 7) is 5.17. The Morgan fingerprint density at radius 3 is 2.32 bits per heavy atom. The molecule has 0 aromatic carbocycles. The number of halogens is 5. The lowest BCUT2D eigenvalue weighted by Gasteiger charge is -2.34. The van der Waals surface area contributed by atoms with E-state index in [4.69, 9.17) is 0 Å². The molecule has 0 spiro atoms. The summed E-state index contributed by atoms with van der Waals surface area (Å²) in [5.74, 6) is -3.04. The molecule has 0 bridgehead atoms. The Bertz CT molecular complexity index is 653. The monoisotopic (exact) mass is 369 g/mol. The quantitative estimate of drug-likeness (QED) is 0.794. The van der Waals surface area contributed by atoms with Gasteiger partial charge in [-0.05, 0) is 27.7 Å². The lowest BCUT2D eigenvalue weighted by Crippen LogP contribution is -2.34. The molecule has 1 aliphatic carbocycles. The third-order valence-electron chi connectivity index (χ3n) is 3.86. The van der Waals surface area contributed by atoms with Crippen LogP contribution in [0.5, 0.6) is 0 Å². The summed E-state index contributed by atoms with van der Waals surface area (Å²) in [6, 6.07) is 0. The molecule has 25 heavy (non-hydrogen) atoms. The van der Waals surface area contributed by atoms with Crippen LogP contribution in [0.1, 0.15) is 50.8 Å². The Kier molecular flexibility index (Phi) is 4.77. The number of carbonyl (C=O) groups is 1. The second-order valence-electron chi connectivity index (χ2n) is 7.22. The maximum absolute atomic E-state index is 13.1. The first-order valence-corrected chi connectivity index (χ1v) is 7.68. The van der Waals surface area contributed by atoms with Crippen LogP contribution < -0.4 is 5.32 Å². The van der Waals surface area contributed by atoms with Crippen LogP contribution in [0.15, 0.2) is 0 Å². The zero-order valence-corrected chi connectivity index (χ0v) is 14.3. The molecule has 1 aromatic heterocycles. The van der Waals surface area contributed by atoms with Gasteiger partial charge in [-0.25, -0.2) is 18.3 Å². The van der Waals surface area contributed by atoms with Crippen LogP contribution in [0.25, 0.3) is 0 Å². The fourth-order valence-corrected chi connectivity index (χ4v) is 2.67. The molecule has 5 nitrogen and oxygen atoms in total. The van der Waals surface area contributed by atoms with Crippen LogP contribution in [0.3, 0.4) is 0 Å². The number of amides is 1. The summed E-state index contributed by atoms with van der Waals surface area (Å²) >= 11 is 0. The molecule has 0 unspecified atom stereocenters. The van der Waals surface area contributed by atoms with E-state index in [-0.39, 0.29) is 18.7 Å². The first-order chi connectivity index (χ1) is 11.2. The van der Waals surface area contributed by atoms with Crippen LogP contribution >= 0.6 is 0 Å². The van der Waals surface area contributed by atoms with Crippen LogP contribution in [0, 0.1) is 6.92 Å². The molecule has 0 radical (unpaired) electrons. The SMILES string of the molecule is Cc1c(C2CC(F)(F)C2)nn(C(C)(C)C)c1NC(=O)OCC(F)(F)F. The molecule has 1 aliphatic rings. The standard InChI is InChI=1S/C15H20F5N3O2/c1-8-10(9-5-14(16,17)6-9)22-23(13(2,3)4)11(8)21-12(24)25-7-15(18,19)20/h9H,5-7H2,1-4H3,(H,21,24). The molecule has 1 fully saturated rings. The van der Waals surface area contributed by atoms with E-state index in [0.29, 0.717) is 11.3 Å². The molecular weight excluding hydrogens is 349 g/mol. The molecule has 0 atom stereocenters. The van der Waals surface area contributed by atoms with E-state index in [1.54, 1.807) is 27.7 Å². The second kappa shape index (κ2) is 6.14. The highest BCUT2D eigenvalue weighted by Crippen LogP contribution is 2.49. The van der Waals surface area contributed by atoms with Gasteiger partial charge in [-0.1, -0.05) is 0 Å². The summed E-state index contributed by atoms with van der Waals surface area (Å²) in [7, 11) is 0. The Morgan fingerprint density at radius 1 is 1.32 bits per heavy atom. The topological polar surface area (TPSA) is 56.2 Å². The number of ether oxygens (including phenoxy) is 1. The van der Waals surface area contributed by atoms with E-state index in [0.717, 1.165) is 0 Å². The van der Waals surface area contributed by atoms with Gasteiger partial charge >= 0.3 is 12.3 Å². The van der Waals surface area contributed by atoms with Crippen LogP contribution in [-0.4, -0.2) is 34.6 Å². The normalized spacial score (nSPS) is 18.0. The van der Waals surface area contributed by atoms with Crippen molar-refractivity contribution in [2.45, 2.75) is 64.1 Å².